The van der Waals surface area contributed by atoms with Crippen molar-refractivity contribution >= 4 is 70.9 Å². The van der Waals surface area contributed by atoms with Gasteiger partial charge in [0.05, 0.1) is 69.3 Å². The standard InChI is InChI=1S/C53H60ClF2N7O9/c1-5-36(31-57-3)51(41-17-14-39(54)30-42(41)35(2)50-44(55)9-7-10-45(50)56)60-40-15-12-37(13-16-40)52(67)59-22-25-69-23-20-58-21-24-70-26-27-71-28-29-72-34-49(66)61-46-11-6-8-38(33-64)43(46)32-63(4)47-18-19-48(65)62-53(47)68/h6-17,30-31,33,47,58H,2-3,5,18-29,32,34H2,1,4H3,(H,59,67)(H,61,66)(H,62,65,68)/b36-31-,60-51?. The molecule has 0 spiro atoms. The minimum absolute atomic E-state index is 0.0913. The number of piperidine rings is 1. The number of aliphatic imine (C=N–C) groups is 2. The Morgan fingerprint density at radius 1 is 0.875 bits per heavy atom. The van der Waals surface area contributed by atoms with E-state index in [0.29, 0.717) is 127 Å². The number of nitrogens with zero attached hydrogens (tertiary/aromatic N) is 3. The van der Waals surface area contributed by atoms with Gasteiger partial charge < -0.3 is 34.9 Å². The van der Waals surface area contributed by atoms with Crippen LogP contribution in [0.2, 0.25) is 5.02 Å². The minimum atomic E-state index is -0.764. The Morgan fingerprint density at radius 3 is 2.19 bits per heavy atom. The van der Waals surface area contributed by atoms with E-state index in [9.17, 15) is 32.8 Å². The van der Waals surface area contributed by atoms with E-state index in [1.165, 1.54) is 6.07 Å². The maximum atomic E-state index is 14.9. The molecule has 1 fully saturated rings. The molecule has 4 aromatic carbocycles. The zero-order valence-electron chi connectivity index (χ0n) is 40.4. The maximum Gasteiger partial charge on any atom is 0.251 e. The predicted molar refractivity (Wildman–Crippen MR) is 273 cm³/mol. The second-order valence-electron chi connectivity index (χ2n) is 16.3. The summed E-state index contributed by atoms with van der Waals surface area (Å²) in [5, 5.41) is 11.5. The van der Waals surface area contributed by atoms with E-state index < -0.39 is 29.5 Å². The first-order valence-electron chi connectivity index (χ1n) is 23.3. The number of likely N-dealkylation sites (N-methyl/N-ethyl adjacent to an activating group) is 1. The molecule has 1 heterocycles. The van der Waals surface area contributed by atoms with Crippen molar-refractivity contribution in [1.82, 2.24) is 20.9 Å². The van der Waals surface area contributed by atoms with Crippen molar-refractivity contribution in [3.8, 4) is 0 Å². The van der Waals surface area contributed by atoms with Crippen molar-refractivity contribution in [2.45, 2.75) is 38.8 Å². The molecule has 1 atom stereocenters. The molecule has 4 N–H and O–H groups in total. The summed E-state index contributed by atoms with van der Waals surface area (Å²) in [4.78, 5) is 71.9. The van der Waals surface area contributed by atoms with Crippen molar-refractivity contribution in [3.05, 3.63) is 147 Å². The van der Waals surface area contributed by atoms with Crippen LogP contribution in [0.15, 0.2) is 107 Å². The predicted octanol–water partition coefficient (Wildman–Crippen LogP) is 6.87. The van der Waals surface area contributed by atoms with Crippen LogP contribution in [0.1, 0.15) is 69.2 Å². The van der Waals surface area contributed by atoms with Gasteiger partial charge in [0.2, 0.25) is 17.7 Å². The van der Waals surface area contributed by atoms with Gasteiger partial charge >= 0.3 is 0 Å². The lowest BCUT2D eigenvalue weighted by Gasteiger charge is -2.30. The molecular formula is C53H60ClF2N7O9. The van der Waals surface area contributed by atoms with E-state index in [-0.39, 0.29) is 55.7 Å². The molecule has 0 aromatic heterocycles. The van der Waals surface area contributed by atoms with E-state index in [1.807, 2.05) is 6.92 Å². The number of halogens is 3. The molecule has 1 aliphatic rings. The molecular weight excluding hydrogens is 952 g/mol. The van der Waals surface area contributed by atoms with E-state index in [4.69, 9.17) is 35.5 Å². The molecule has 0 bridgehead atoms. The first-order valence-corrected chi connectivity index (χ1v) is 23.7. The highest BCUT2D eigenvalue weighted by molar-refractivity contribution is 6.31. The number of anilines is 1. The number of benzene rings is 4. The van der Waals surface area contributed by atoms with Gasteiger partial charge in [-0.25, -0.2) is 13.8 Å². The molecule has 382 valence electrons. The second-order valence-corrected chi connectivity index (χ2v) is 16.7. The zero-order valence-corrected chi connectivity index (χ0v) is 41.2. The number of nitrogens with one attached hydrogen (secondary N) is 4. The van der Waals surface area contributed by atoms with Crippen LogP contribution in [-0.2, 0) is 39.9 Å². The number of carbonyl (C=O) groups excluding carboxylic acids is 5. The molecule has 4 amide bonds. The van der Waals surface area contributed by atoms with Gasteiger partial charge in [-0.1, -0.05) is 49.4 Å². The number of imide groups is 1. The van der Waals surface area contributed by atoms with Crippen LogP contribution in [0, 0.1) is 11.6 Å². The molecule has 16 nitrogen and oxygen atoms in total. The van der Waals surface area contributed by atoms with Crippen LogP contribution >= 0.6 is 11.6 Å². The molecule has 72 heavy (non-hydrogen) atoms. The highest BCUT2D eigenvalue weighted by atomic mass is 35.5. The molecule has 4 aromatic rings. The van der Waals surface area contributed by atoms with E-state index >= 15 is 0 Å². The number of amides is 4. The Kier molecular flexibility index (Phi) is 23.2. The highest BCUT2D eigenvalue weighted by Crippen LogP contribution is 2.33. The molecule has 5 rings (SSSR count). The van der Waals surface area contributed by atoms with E-state index in [0.717, 1.165) is 12.1 Å². The summed E-state index contributed by atoms with van der Waals surface area (Å²) in [7, 11) is 1.72. The molecule has 1 saturated heterocycles. The van der Waals surface area contributed by atoms with Crippen molar-refractivity contribution in [2.75, 3.05) is 84.9 Å². The largest absolute Gasteiger partial charge is 0.378 e. The summed E-state index contributed by atoms with van der Waals surface area (Å²) < 4.78 is 52.0. The molecule has 19 heteroatoms. The number of carbonyl (C=O) groups is 5. The minimum Gasteiger partial charge on any atom is -0.378 e. The summed E-state index contributed by atoms with van der Waals surface area (Å²) in [6.07, 6.45) is 3.34. The monoisotopic (exact) mass is 1010 g/mol. The number of aldehydes is 1. The summed E-state index contributed by atoms with van der Waals surface area (Å²) >= 11 is 6.38. The number of hydrogen-bond donors (Lipinski definition) is 4. The summed E-state index contributed by atoms with van der Waals surface area (Å²) in [5.41, 5.74) is 4.15. The van der Waals surface area contributed by atoms with Crippen molar-refractivity contribution in [2.24, 2.45) is 9.98 Å². The Balaban J connectivity index is 0.931. The average molecular weight is 1010 g/mol. The Morgan fingerprint density at radius 2 is 1.53 bits per heavy atom. The highest BCUT2D eigenvalue weighted by Gasteiger charge is 2.30. The van der Waals surface area contributed by atoms with Gasteiger partial charge in [-0.05, 0) is 97.9 Å². The molecule has 0 radical (unpaired) electrons. The van der Waals surface area contributed by atoms with Gasteiger partial charge in [-0.2, -0.15) is 0 Å². The summed E-state index contributed by atoms with van der Waals surface area (Å²) in [6.45, 7) is 13.3. The quantitative estimate of drug-likeness (QED) is 0.0184. The van der Waals surface area contributed by atoms with Crippen LogP contribution in [0.25, 0.3) is 5.57 Å². The molecule has 1 aliphatic heterocycles. The summed E-state index contributed by atoms with van der Waals surface area (Å²) in [6, 6.07) is 19.6. The van der Waals surface area contributed by atoms with Gasteiger partial charge in [0.25, 0.3) is 5.91 Å². The fourth-order valence-corrected chi connectivity index (χ4v) is 7.73. The van der Waals surface area contributed by atoms with E-state index in [2.05, 4.69) is 39.6 Å². The Bertz CT molecular complexity index is 2590. The van der Waals surface area contributed by atoms with Gasteiger partial charge in [-0.15, -0.1) is 0 Å². The topological polar surface area (TPSA) is 198 Å². The lowest BCUT2D eigenvalue weighted by molar-refractivity contribution is -0.137. The number of rotatable bonds is 30. The van der Waals surface area contributed by atoms with Crippen LogP contribution in [0.5, 0.6) is 0 Å². The number of allylic oxidation sites excluding steroid dienone is 1. The lowest BCUT2D eigenvalue weighted by Crippen LogP contribution is -2.51. The SMILES string of the molecule is C=N/C=C(/CC)C(=Nc1ccc(C(=O)NCCOCCNCCOCCOCCOCC(=O)Nc2cccc(C=O)c2CN(C)C2CCC(=O)NC2=O)cc1)c1ccc(Cl)cc1C(=C)c1c(F)cccc1F. The number of hydrogen-bond acceptors (Lipinski definition) is 13. The van der Waals surface area contributed by atoms with Crippen LogP contribution in [0.3, 0.4) is 0 Å². The fourth-order valence-electron chi connectivity index (χ4n) is 7.56. The van der Waals surface area contributed by atoms with Crippen LogP contribution in [0.4, 0.5) is 20.2 Å². The van der Waals surface area contributed by atoms with Gasteiger partial charge in [-0.3, -0.25) is 39.2 Å². The first-order chi connectivity index (χ1) is 34.8. The average Bonchev–Trinajstić information content (AvgIpc) is 3.36. The molecule has 0 saturated carbocycles. The Labute approximate surface area is 422 Å². The molecule has 0 aliphatic carbocycles. The third-order valence-electron chi connectivity index (χ3n) is 11.2. The first kappa shape index (κ1) is 56.3. The van der Waals surface area contributed by atoms with Crippen molar-refractivity contribution in [1.29, 1.82) is 0 Å². The van der Waals surface area contributed by atoms with Crippen molar-refractivity contribution < 1.29 is 51.7 Å². The summed E-state index contributed by atoms with van der Waals surface area (Å²) in [5.74, 6) is -2.95. The smallest absolute Gasteiger partial charge is 0.251 e. The maximum absolute atomic E-state index is 14.9. The second kappa shape index (κ2) is 29.6. The van der Waals surface area contributed by atoms with Crippen molar-refractivity contribution in [3.63, 3.8) is 0 Å². The Hall–Kier alpha value is -6.64. The van der Waals surface area contributed by atoms with Crippen LogP contribution < -0.4 is 21.3 Å². The normalized spacial score (nSPS) is 14.0. The zero-order chi connectivity index (χ0) is 51.8. The third-order valence-corrected chi connectivity index (χ3v) is 11.5. The fraction of sp³-hybridized carbons (Fsp3) is 0.340. The van der Waals surface area contributed by atoms with Gasteiger partial charge in [0.1, 0.15) is 24.5 Å². The lowest BCUT2D eigenvalue weighted by atomic mass is 9.89. The third kappa shape index (κ3) is 17.0. The van der Waals surface area contributed by atoms with Gasteiger partial charge in [0, 0.05) is 71.8 Å². The number of ether oxygens (including phenoxy) is 4. The molecule has 1 unspecified atom stereocenters. The van der Waals surface area contributed by atoms with Gasteiger partial charge in [0.15, 0.2) is 0 Å². The van der Waals surface area contributed by atoms with E-state index in [1.54, 1.807) is 78.8 Å². The van der Waals surface area contributed by atoms with Crippen LogP contribution in [-0.4, -0.2) is 133 Å².